The molecule has 0 spiro atoms. The first-order chi connectivity index (χ1) is 8.63. The fraction of sp³-hybridized carbons (Fsp3) is 0.167. The number of amides is 2. The number of thiazole rings is 1. The summed E-state index contributed by atoms with van der Waals surface area (Å²) in [7, 11) is 0. The van der Waals surface area contributed by atoms with Crippen LogP contribution in [0.5, 0.6) is 0 Å². The number of anilines is 1. The summed E-state index contributed by atoms with van der Waals surface area (Å²) in [6.45, 7) is 2.40. The van der Waals surface area contributed by atoms with E-state index < -0.39 is 0 Å². The van der Waals surface area contributed by atoms with Gasteiger partial charge in [-0.1, -0.05) is 17.7 Å². The van der Waals surface area contributed by atoms with Crippen LogP contribution in [0.25, 0.3) is 0 Å². The van der Waals surface area contributed by atoms with Crippen LogP contribution in [0.4, 0.5) is 10.5 Å². The Morgan fingerprint density at radius 1 is 1.50 bits per heavy atom. The van der Waals surface area contributed by atoms with Gasteiger partial charge in [-0.25, -0.2) is 9.78 Å². The lowest BCUT2D eigenvalue weighted by molar-refractivity contribution is 0.251. The first-order valence-electron chi connectivity index (χ1n) is 5.35. The van der Waals surface area contributed by atoms with Gasteiger partial charge in [0.05, 0.1) is 6.54 Å². The highest BCUT2D eigenvalue weighted by atomic mass is 35.5. The number of nitrogens with zero attached hydrogens (tertiary/aromatic N) is 1. The number of aryl methyl sites for hydroxylation is 1. The Labute approximate surface area is 114 Å². The Hall–Kier alpha value is -1.59. The third kappa shape index (κ3) is 3.72. The van der Waals surface area contributed by atoms with E-state index in [1.54, 1.807) is 41.8 Å². The molecule has 6 heteroatoms. The molecule has 0 fully saturated rings. The minimum Gasteiger partial charge on any atom is -0.331 e. The van der Waals surface area contributed by atoms with Gasteiger partial charge in [0.1, 0.15) is 5.01 Å². The van der Waals surface area contributed by atoms with Crippen LogP contribution in [-0.4, -0.2) is 11.0 Å². The fourth-order valence-corrected chi connectivity index (χ4v) is 2.30. The van der Waals surface area contributed by atoms with Crippen molar-refractivity contribution in [2.45, 2.75) is 13.5 Å². The van der Waals surface area contributed by atoms with Crippen molar-refractivity contribution in [1.82, 2.24) is 10.3 Å². The molecule has 4 nitrogen and oxygen atoms in total. The van der Waals surface area contributed by atoms with Gasteiger partial charge < -0.3 is 10.6 Å². The summed E-state index contributed by atoms with van der Waals surface area (Å²) < 4.78 is 0. The summed E-state index contributed by atoms with van der Waals surface area (Å²) in [5, 5.41) is 6.91. The zero-order chi connectivity index (χ0) is 13.0. The molecule has 2 amide bonds. The minimum atomic E-state index is -0.273. The number of hydrogen-bond donors (Lipinski definition) is 2. The van der Waals surface area contributed by atoms with E-state index in [1.807, 2.05) is 6.92 Å². The molecule has 2 N–H and O–H groups in total. The SMILES string of the molecule is Cc1cnc(CNC(=O)Nc2cccc(Cl)c2)s1. The van der Waals surface area contributed by atoms with Crippen molar-refractivity contribution in [3.8, 4) is 0 Å². The predicted octanol–water partition coefficient (Wildman–Crippen LogP) is 3.43. The first-order valence-corrected chi connectivity index (χ1v) is 6.54. The van der Waals surface area contributed by atoms with Gasteiger partial charge in [0, 0.05) is 21.8 Å². The Bertz CT molecular complexity index is 556. The van der Waals surface area contributed by atoms with Gasteiger partial charge in [-0.05, 0) is 25.1 Å². The Kier molecular flexibility index (Phi) is 4.17. The van der Waals surface area contributed by atoms with Gasteiger partial charge in [-0.15, -0.1) is 11.3 Å². The molecule has 1 aromatic carbocycles. The second-order valence-electron chi connectivity index (χ2n) is 3.68. The third-order valence-electron chi connectivity index (χ3n) is 2.15. The summed E-state index contributed by atoms with van der Waals surface area (Å²) in [6.07, 6.45) is 1.79. The van der Waals surface area contributed by atoms with Crippen LogP contribution < -0.4 is 10.6 Å². The number of nitrogens with one attached hydrogen (secondary N) is 2. The largest absolute Gasteiger partial charge is 0.331 e. The molecule has 0 unspecified atom stereocenters. The minimum absolute atomic E-state index is 0.273. The molecule has 0 saturated carbocycles. The highest BCUT2D eigenvalue weighted by Crippen LogP contribution is 2.15. The van der Waals surface area contributed by atoms with E-state index in [0.29, 0.717) is 17.3 Å². The molecule has 94 valence electrons. The Balaban J connectivity index is 1.85. The lowest BCUT2D eigenvalue weighted by Gasteiger charge is -2.06. The molecule has 1 heterocycles. The number of carbonyl (C=O) groups excluding carboxylic acids is 1. The molecule has 0 atom stereocenters. The number of urea groups is 1. The van der Waals surface area contributed by atoms with Crippen molar-refractivity contribution in [3.05, 3.63) is 45.4 Å². The number of halogens is 1. The molecule has 0 aliphatic rings. The van der Waals surface area contributed by atoms with Crippen molar-refractivity contribution in [1.29, 1.82) is 0 Å². The third-order valence-corrected chi connectivity index (χ3v) is 3.30. The maximum atomic E-state index is 11.6. The first kappa shape index (κ1) is 12.9. The van der Waals surface area contributed by atoms with Gasteiger partial charge in [-0.2, -0.15) is 0 Å². The van der Waals surface area contributed by atoms with Gasteiger partial charge in [-0.3, -0.25) is 0 Å². The van der Waals surface area contributed by atoms with E-state index in [4.69, 9.17) is 11.6 Å². The molecule has 0 bridgehead atoms. The summed E-state index contributed by atoms with van der Waals surface area (Å²) in [6, 6.07) is 6.73. The summed E-state index contributed by atoms with van der Waals surface area (Å²) in [5.41, 5.74) is 0.662. The van der Waals surface area contributed by atoms with Gasteiger partial charge >= 0.3 is 6.03 Å². The van der Waals surface area contributed by atoms with Crippen LogP contribution >= 0.6 is 22.9 Å². The zero-order valence-corrected chi connectivity index (χ0v) is 11.3. The maximum Gasteiger partial charge on any atom is 0.319 e. The molecule has 1 aromatic heterocycles. The maximum absolute atomic E-state index is 11.6. The molecule has 0 radical (unpaired) electrons. The molecule has 0 aliphatic heterocycles. The van der Waals surface area contributed by atoms with Crippen molar-refractivity contribution >= 4 is 34.7 Å². The lowest BCUT2D eigenvalue weighted by Crippen LogP contribution is -2.28. The standard InChI is InChI=1S/C12H12ClN3OS/c1-8-6-14-11(18-8)7-15-12(17)16-10-4-2-3-9(13)5-10/h2-6H,7H2,1H3,(H2,15,16,17). The van der Waals surface area contributed by atoms with E-state index in [-0.39, 0.29) is 6.03 Å². The smallest absolute Gasteiger partial charge is 0.319 e. The monoisotopic (exact) mass is 281 g/mol. The average Bonchev–Trinajstić information content (AvgIpc) is 2.73. The van der Waals surface area contributed by atoms with Crippen LogP contribution in [0.3, 0.4) is 0 Å². The molecular weight excluding hydrogens is 270 g/mol. The number of aromatic nitrogens is 1. The normalized spacial score (nSPS) is 10.1. The van der Waals surface area contributed by atoms with Gasteiger partial charge in [0.25, 0.3) is 0 Å². The molecule has 0 saturated heterocycles. The van der Waals surface area contributed by atoms with Crippen molar-refractivity contribution in [2.24, 2.45) is 0 Å². The lowest BCUT2D eigenvalue weighted by atomic mass is 10.3. The Morgan fingerprint density at radius 3 is 3.00 bits per heavy atom. The predicted molar refractivity (Wildman–Crippen MR) is 74.2 cm³/mol. The number of hydrogen-bond acceptors (Lipinski definition) is 3. The zero-order valence-electron chi connectivity index (χ0n) is 9.74. The van der Waals surface area contributed by atoms with Gasteiger partial charge in [0.2, 0.25) is 0 Å². The number of rotatable bonds is 3. The van der Waals surface area contributed by atoms with Crippen LogP contribution in [0.15, 0.2) is 30.5 Å². The Morgan fingerprint density at radius 2 is 2.33 bits per heavy atom. The van der Waals surface area contributed by atoms with Crippen LogP contribution in [0, 0.1) is 6.92 Å². The quantitative estimate of drug-likeness (QED) is 0.906. The summed E-state index contributed by atoms with van der Waals surface area (Å²) in [5.74, 6) is 0. The average molecular weight is 282 g/mol. The van der Waals surface area contributed by atoms with Crippen LogP contribution in [-0.2, 0) is 6.54 Å². The molecule has 2 aromatic rings. The van der Waals surface area contributed by atoms with Crippen molar-refractivity contribution < 1.29 is 4.79 Å². The van der Waals surface area contributed by atoms with E-state index in [2.05, 4.69) is 15.6 Å². The highest BCUT2D eigenvalue weighted by Gasteiger charge is 2.04. The number of benzene rings is 1. The van der Waals surface area contributed by atoms with Crippen LogP contribution in [0.1, 0.15) is 9.88 Å². The molecular formula is C12H12ClN3OS. The van der Waals surface area contributed by atoms with Crippen LogP contribution in [0.2, 0.25) is 5.02 Å². The topological polar surface area (TPSA) is 54.0 Å². The number of carbonyl (C=O) groups is 1. The van der Waals surface area contributed by atoms with Crippen molar-refractivity contribution in [2.75, 3.05) is 5.32 Å². The second kappa shape index (κ2) is 5.84. The summed E-state index contributed by atoms with van der Waals surface area (Å²) in [4.78, 5) is 16.9. The second-order valence-corrected chi connectivity index (χ2v) is 5.44. The van der Waals surface area contributed by atoms with Crippen molar-refractivity contribution in [3.63, 3.8) is 0 Å². The summed E-state index contributed by atoms with van der Waals surface area (Å²) >= 11 is 7.39. The molecule has 18 heavy (non-hydrogen) atoms. The fourth-order valence-electron chi connectivity index (χ4n) is 1.38. The van der Waals surface area contributed by atoms with Gasteiger partial charge in [0.15, 0.2) is 0 Å². The highest BCUT2D eigenvalue weighted by molar-refractivity contribution is 7.11. The molecule has 0 aliphatic carbocycles. The van der Waals surface area contributed by atoms with E-state index in [1.165, 1.54) is 0 Å². The van der Waals surface area contributed by atoms with E-state index in [9.17, 15) is 4.79 Å². The van der Waals surface area contributed by atoms with E-state index in [0.717, 1.165) is 9.88 Å². The van der Waals surface area contributed by atoms with E-state index >= 15 is 0 Å². The molecule has 2 rings (SSSR count).